The number of carbonyl (C=O) groups is 2. The minimum atomic E-state index is -1.30. The standard InChI is InChI=1S/C12H14ClNO4/c1-7(16)14-5-11(17)12(18)10-4-9(13)3-2-8(10)6-15/h2-4,6,11-12,17-18H,5H2,1H3,(H,14,16). The Morgan fingerprint density at radius 1 is 1.50 bits per heavy atom. The van der Waals surface area contributed by atoms with Crippen LogP contribution in [-0.2, 0) is 4.79 Å². The smallest absolute Gasteiger partial charge is 0.216 e. The van der Waals surface area contributed by atoms with Crippen LogP contribution in [0.15, 0.2) is 18.2 Å². The molecule has 0 saturated heterocycles. The quantitative estimate of drug-likeness (QED) is 0.688. The molecule has 1 amide bonds. The van der Waals surface area contributed by atoms with Crippen molar-refractivity contribution in [3.63, 3.8) is 0 Å². The molecule has 2 atom stereocenters. The van der Waals surface area contributed by atoms with E-state index in [9.17, 15) is 19.8 Å². The fourth-order valence-electron chi connectivity index (χ4n) is 1.48. The molecule has 0 bridgehead atoms. The number of benzene rings is 1. The molecule has 0 spiro atoms. The SMILES string of the molecule is CC(=O)NCC(O)C(O)c1cc(Cl)ccc1C=O. The first kappa shape index (κ1) is 14.6. The van der Waals surface area contributed by atoms with E-state index in [1.54, 1.807) is 0 Å². The third-order valence-corrected chi connectivity index (χ3v) is 2.65. The fourth-order valence-corrected chi connectivity index (χ4v) is 1.66. The maximum atomic E-state index is 10.8. The number of hydrogen-bond donors (Lipinski definition) is 3. The summed E-state index contributed by atoms with van der Waals surface area (Å²) in [6.07, 6.45) is -1.94. The molecule has 1 rings (SSSR count). The van der Waals surface area contributed by atoms with Gasteiger partial charge in [0.15, 0.2) is 0 Å². The van der Waals surface area contributed by atoms with Gasteiger partial charge in [-0.15, -0.1) is 0 Å². The van der Waals surface area contributed by atoms with Crippen LogP contribution in [0.5, 0.6) is 0 Å². The summed E-state index contributed by atoms with van der Waals surface area (Å²) in [6.45, 7) is 1.19. The monoisotopic (exact) mass is 271 g/mol. The maximum absolute atomic E-state index is 10.8. The van der Waals surface area contributed by atoms with E-state index < -0.39 is 12.2 Å². The van der Waals surface area contributed by atoms with Crippen LogP contribution in [-0.4, -0.2) is 35.1 Å². The summed E-state index contributed by atoms with van der Waals surface area (Å²) in [6, 6.07) is 4.38. The van der Waals surface area contributed by atoms with E-state index in [0.29, 0.717) is 11.3 Å². The van der Waals surface area contributed by atoms with Gasteiger partial charge in [-0.05, 0) is 23.8 Å². The Morgan fingerprint density at radius 3 is 2.72 bits per heavy atom. The zero-order valence-corrected chi connectivity index (χ0v) is 10.5. The number of rotatable bonds is 5. The lowest BCUT2D eigenvalue weighted by Gasteiger charge is -2.19. The Morgan fingerprint density at radius 2 is 2.17 bits per heavy atom. The van der Waals surface area contributed by atoms with Gasteiger partial charge < -0.3 is 15.5 Å². The molecule has 6 heteroatoms. The van der Waals surface area contributed by atoms with Crippen LogP contribution < -0.4 is 5.32 Å². The lowest BCUT2D eigenvalue weighted by Crippen LogP contribution is -2.34. The molecule has 0 saturated carbocycles. The highest BCUT2D eigenvalue weighted by Gasteiger charge is 2.21. The van der Waals surface area contributed by atoms with Crippen molar-refractivity contribution in [3.8, 4) is 0 Å². The predicted octanol–water partition coefficient (Wildman–Crippen LogP) is 0.683. The molecule has 0 aliphatic carbocycles. The molecule has 0 fully saturated rings. The molecule has 0 aliphatic heterocycles. The molecule has 3 N–H and O–H groups in total. The summed E-state index contributed by atoms with van der Waals surface area (Å²) in [5.41, 5.74) is 0.476. The van der Waals surface area contributed by atoms with Gasteiger partial charge in [-0.25, -0.2) is 0 Å². The van der Waals surface area contributed by atoms with E-state index >= 15 is 0 Å². The predicted molar refractivity (Wildman–Crippen MR) is 66.5 cm³/mol. The summed E-state index contributed by atoms with van der Waals surface area (Å²) in [4.78, 5) is 21.5. The summed E-state index contributed by atoms with van der Waals surface area (Å²) in [5, 5.41) is 22.4. The molecule has 0 aromatic heterocycles. The second-order valence-electron chi connectivity index (χ2n) is 3.84. The Bertz CT molecular complexity index is 450. The number of hydrogen-bond acceptors (Lipinski definition) is 4. The van der Waals surface area contributed by atoms with Crippen LogP contribution in [0.25, 0.3) is 0 Å². The highest BCUT2D eigenvalue weighted by atomic mass is 35.5. The van der Waals surface area contributed by atoms with Gasteiger partial charge in [0.25, 0.3) is 0 Å². The number of aliphatic hydroxyl groups excluding tert-OH is 2. The maximum Gasteiger partial charge on any atom is 0.216 e. The number of aldehydes is 1. The van der Waals surface area contributed by atoms with Crippen LogP contribution >= 0.6 is 11.6 Å². The third kappa shape index (κ3) is 3.80. The minimum absolute atomic E-state index is 0.110. The van der Waals surface area contributed by atoms with Crippen molar-refractivity contribution >= 4 is 23.8 Å². The van der Waals surface area contributed by atoms with E-state index in [2.05, 4.69) is 5.32 Å². The van der Waals surface area contributed by atoms with Gasteiger partial charge in [0.2, 0.25) is 5.91 Å². The molecular weight excluding hydrogens is 258 g/mol. The summed E-state index contributed by atoms with van der Waals surface area (Å²) in [5.74, 6) is -0.317. The highest BCUT2D eigenvalue weighted by Crippen LogP contribution is 2.23. The van der Waals surface area contributed by atoms with E-state index in [0.717, 1.165) is 0 Å². The van der Waals surface area contributed by atoms with Crippen molar-refractivity contribution in [1.82, 2.24) is 5.32 Å². The van der Waals surface area contributed by atoms with Crippen molar-refractivity contribution in [2.45, 2.75) is 19.1 Å². The first-order valence-corrected chi connectivity index (χ1v) is 5.68. The average molecular weight is 272 g/mol. The number of nitrogens with one attached hydrogen (secondary N) is 1. The van der Waals surface area contributed by atoms with Gasteiger partial charge in [-0.1, -0.05) is 11.6 Å². The number of aliphatic hydroxyl groups is 2. The number of amides is 1. The van der Waals surface area contributed by atoms with Crippen LogP contribution in [0.3, 0.4) is 0 Å². The van der Waals surface area contributed by atoms with Crippen LogP contribution in [0.2, 0.25) is 5.02 Å². The number of carbonyl (C=O) groups excluding carboxylic acids is 2. The lowest BCUT2D eigenvalue weighted by molar-refractivity contribution is -0.119. The molecule has 0 aliphatic rings. The molecule has 98 valence electrons. The van der Waals surface area contributed by atoms with E-state index in [1.165, 1.54) is 25.1 Å². The molecule has 1 aromatic rings. The normalized spacial score (nSPS) is 13.8. The van der Waals surface area contributed by atoms with Crippen LogP contribution in [0, 0.1) is 0 Å². The Kier molecular flexibility index (Phi) is 5.27. The molecule has 0 radical (unpaired) electrons. The first-order valence-electron chi connectivity index (χ1n) is 5.31. The second kappa shape index (κ2) is 6.49. The van der Waals surface area contributed by atoms with Gasteiger partial charge in [0, 0.05) is 24.1 Å². The third-order valence-electron chi connectivity index (χ3n) is 2.42. The van der Waals surface area contributed by atoms with E-state index in [-0.39, 0.29) is 23.6 Å². The Hall–Kier alpha value is -1.43. The van der Waals surface area contributed by atoms with Crippen LogP contribution in [0.1, 0.15) is 28.9 Å². The summed E-state index contributed by atoms with van der Waals surface area (Å²) >= 11 is 5.77. The summed E-state index contributed by atoms with van der Waals surface area (Å²) < 4.78 is 0. The minimum Gasteiger partial charge on any atom is -0.388 e. The van der Waals surface area contributed by atoms with Crippen molar-refractivity contribution < 1.29 is 19.8 Å². The molecule has 18 heavy (non-hydrogen) atoms. The van der Waals surface area contributed by atoms with Gasteiger partial charge >= 0.3 is 0 Å². The van der Waals surface area contributed by atoms with Gasteiger partial charge in [-0.2, -0.15) is 0 Å². The van der Waals surface area contributed by atoms with Gasteiger partial charge in [-0.3, -0.25) is 9.59 Å². The largest absolute Gasteiger partial charge is 0.388 e. The molecule has 5 nitrogen and oxygen atoms in total. The Balaban J connectivity index is 2.88. The van der Waals surface area contributed by atoms with Gasteiger partial charge in [0.1, 0.15) is 18.5 Å². The zero-order chi connectivity index (χ0) is 13.7. The van der Waals surface area contributed by atoms with Crippen molar-refractivity contribution in [1.29, 1.82) is 0 Å². The van der Waals surface area contributed by atoms with Crippen molar-refractivity contribution in [2.24, 2.45) is 0 Å². The second-order valence-corrected chi connectivity index (χ2v) is 4.28. The molecule has 2 unspecified atom stereocenters. The highest BCUT2D eigenvalue weighted by molar-refractivity contribution is 6.30. The van der Waals surface area contributed by atoms with Gasteiger partial charge in [0.05, 0.1) is 0 Å². The van der Waals surface area contributed by atoms with E-state index in [1.807, 2.05) is 0 Å². The zero-order valence-electron chi connectivity index (χ0n) is 9.76. The molecular formula is C12H14ClNO4. The van der Waals surface area contributed by atoms with Crippen molar-refractivity contribution in [3.05, 3.63) is 34.3 Å². The van der Waals surface area contributed by atoms with Crippen molar-refractivity contribution in [2.75, 3.05) is 6.54 Å². The molecule has 1 aromatic carbocycles. The lowest BCUT2D eigenvalue weighted by atomic mass is 9.99. The Labute approximate surface area is 109 Å². The first-order chi connectivity index (χ1) is 8.45. The molecule has 0 heterocycles. The van der Waals surface area contributed by atoms with Crippen LogP contribution in [0.4, 0.5) is 0 Å². The fraction of sp³-hybridized carbons (Fsp3) is 0.333. The topological polar surface area (TPSA) is 86.6 Å². The average Bonchev–Trinajstić information content (AvgIpc) is 2.34. The summed E-state index contributed by atoms with van der Waals surface area (Å²) in [7, 11) is 0. The number of halogens is 1. The van der Waals surface area contributed by atoms with E-state index in [4.69, 9.17) is 11.6 Å².